The summed E-state index contributed by atoms with van der Waals surface area (Å²) in [6.07, 6.45) is -2.33. The van der Waals surface area contributed by atoms with Crippen LogP contribution in [-0.4, -0.2) is 32.4 Å². The highest BCUT2D eigenvalue weighted by molar-refractivity contribution is 6.32. The minimum Gasteiger partial charge on any atom is -0.507 e. The maximum atomic E-state index is 12.5. The van der Waals surface area contributed by atoms with Gasteiger partial charge in [0.05, 0.1) is 10.6 Å². The van der Waals surface area contributed by atoms with E-state index in [1.165, 1.54) is 12.4 Å². The number of carbonyl (C=O) groups is 1. The Morgan fingerprint density at radius 2 is 1.92 bits per heavy atom. The number of phenols is 1. The van der Waals surface area contributed by atoms with Crippen LogP contribution in [0.4, 0.5) is 13.2 Å². The van der Waals surface area contributed by atoms with Crippen molar-refractivity contribution >= 4 is 17.6 Å². The number of rotatable bonds is 3. The van der Waals surface area contributed by atoms with E-state index in [9.17, 15) is 23.1 Å². The summed E-state index contributed by atoms with van der Waals surface area (Å²) in [6, 6.07) is 5.34. The van der Waals surface area contributed by atoms with E-state index in [1.807, 2.05) is 0 Å². The van der Waals surface area contributed by atoms with Crippen molar-refractivity contribution in [2.24, 2.45) is 0 Å². The first kappa shape index (κ1) is 17.7. The summed E-state index contributed by atoms with van der Waals surface area (Å²) in [6.45, 7) is 0. The van der Waals surface area contributed by atoms with Crippen molar-refractivity contribution in [1.82, 2.24) is 15.2 Å². The van der Waals surface area contributed by atoms with Crippen LogP contribution in [0.5, 0.6) is 11.5 Å². The molecular formula is C15H7ClF3N3O4. The molecule has 0 atom stereocenters. The topological polar surface area (TPSA) is 98.3 Å². The van der Waals surface area contributed by atoms with Gasteiger partial charge in [-0.05, 0) is 24.3 Å². The lowest BCUT2D eigenvalue weighted by Crippen LogP contribution is -2.28. The first-order valence-corrected chi connectivity index (χ1v) is 7.20. The van der Waals surface area contributed by atoms with Gasteiger partial charge in [-0.3, -0.25) is 4.98 Å². The Morgan fingerprint density at radius 1 is 1.19 bits per heavy atom. The predicted octanol–water partition coefficient (Wildman–Crippen LogP) is 3.63. The van der Waals surface area contributed by atoms with Gasteiger partial charge in [0.1, 0.15) is 11.3 Å². The van der Waals surface area contributed by atoms with Crippen LogP contribution >= 0.6 is 11.6 Å². The van der Waals surface area contributed by atoms with E-state index in [4.69, 9.17) is 16.0 Å². The van der Waals surface area contributed by atoms with E-state index in [1.54, 1.807) is 12.1 Å². The normalized spacial score (nSPS) is 11.4. The van der Waals surface area contributed by atoms with Gasteiger partial charge in [-0.15, -0.1) is 10.2 Å². The number of halogens is 4. The highest BCUT2D eigenvalue weighted by atomic mass is 35.5. The van der Waals surface area contributed by atoms with E-state index in [-0.39, 0.29) is 10.9 Å². The van der Waals surface area contributed by atoms with Gasteiger partial charge in [-0.1, -0.05) is 11.6 Å². The lowest BCUT2D eigenvalue weighted by molar-refractivity contribution is -0.189. The molecule has 26 heavy (non-hydrogen) atoms. The van der Waals surface area contributed by atoms with Gasteiger partial charge < -0.3 is 14.3 Å². The van der Waals surface area contributed by atoms with Crippen molar-refractivity contribution in [2.45, 2.75) is 6.18 Å². The van der Waals surface area contributed by atoms with Crippen LogP contribution in [0, 0.1) is 0 Å². The quantitative estimate of drug-likeness (QED) is 0.543. The third-order valence-electron chi connectivity index (χ3n) is 3.06. The summed E-state index contributed by atoms with van der Waals surface area (Å²) in [5.74, 6) is -4.25. The zero-order chi connectivity index (χ0) is 18.9. The van der Waals surface area contributed by atoms with Crippen LogP contribution in [0.2, 0.25) is 5.02 Å². The Hall–Kier alpha value is -3.14. The van der Waals surface area contributed by atoms with Crippen LogP contribution in [-0.2, 0) is 4.79 Å². The van der Waals surface area contributed by atoms with Gasteiger partial charge in [-0.25, -0.2) is 4.79 Å². The first-order valence-electron chi connectivity index (χ1n) is 6.82. The molecule has 1 N–H and O–H groups in total. The van der Waals surface area contributed by atoms with Crippen molar-refractivity contribution in [3.05, 3.63) is 41.7 Å². The molecule has 0 aliphatic rings. The Balaban J connectivity index is 2.07. The molecule has 7 nitrogen and oxygen atoms in total. The Labute approximate surface area is 148 Å². The molecule has 0 unspecified atom stereocenters. The number of hydrogen-bond acceptors (Lipinski definition) is 7. The second-order valence-corrected chi connectivity index (χ2v) is 5.22. The maximum Gasteiger partial charge on any atom is 0.491 e. The summed E-state index contributed by atoms with van der Waals surface area (Å²) in [5.41, 5.74) is -0.0145. The summed E-state index contributed by atoms with van der Waals surface area (Å²) < 4.78 is 47.1. The number of nitrogens with zero attached hydrogens (tertiary/aromatic N) is 3. The van der Waals surface area contributed by atoms with Crippen LogP contribution in [0.25, 0.3) is 22.9 Å². The minimum absolute atomic E-state index is 0.0134. The molecule has 2 heterocycles. The molecule has 0 radical (unpaired) electrons. The van der Waals surface area contributed by atoms with Crippen LogP contribution in [0.15, 0.2) is 41.1 Å². The Morgan fingerprint density at radius 3 is 2.58 bits per heavy atom. The number of aromatic hydroxyl groups is 1. The van der Waals surface area contributed by atoms with Crippen LogP contribution < -0.4 is 4.74 Å². The van der Waals surface area contributed by atoms with Crippen molar-refractivity contribution in [2.75, 3.05) is 0 Å². The number of carbonyl (C=O) groups excluding carboxylic acids is 1. The fourth-order valence-corrected chi connectivity index (χ4v) is 2.13. The standard InChI is InChI=1S/C15H7ClF3N3O4/c16-8-3-4-9(23)10(11(8)25-14(24)15(17,18)19)13-22-21-12(26-13)7-2-1-5-20-6-7/h1-6,23H. The average Bonchev–Trinajstić information content (AvgIpc) is 3.08. The number of esters is 1. The highest BCUT2D eigenvalue weighted by Gasteiger charge is 2.42. The molecule has 0 aliphatic carbocycles. The van der Waals surface area contributed by atoms with Gasteiger partial charge in [0.15, 0.2) is 5.75 Å². The van der Waals surface area contributed by atoms with E-state index < -0.39 is 35.1 Å². The van der Waals surface area contributed by atoms with E-state index in [2.05, 4.69) is 19.9 Å². The van der Waals surface area contributed by atoms with Gasteiger partial charge in [0.25, 0.3) is 5.89 Å². The van der Waals surface area contributed by atoms with E-state index >= 15 is 0 Å². The fourth-order valence-electron chi connectivity index (χ4n) is 1.93. The summed E-state index contributed by atoms with van der Waals surface area (Å²) in [5, 5.41) is 17.0. The third-order valence-corrected chi connectivity index (χ3v) is 3.36. The zero-order valence-electron chi connectivity index (χ0n) is 12.5. The predicted molar refractivity (Wildman–Crippen MR) is 81.3 cm³/mol. The SMILES string of the molecule is O=C(Oc1c(Cl)ccc(O)c1-c1nnc(-c2cccnc2)o1)C(F)(F)F. The van der Waals surface area contributed by atoms with Gasteiger partial charge in [0.2, 0.25) is 5.89 Å². The Bertz CT molecular complexity index is 961. The second-order valence-electron chi connectivity index (χ2n) is 4.81. The third kappa shape index (κ3) is 3.45. The Kier molecular flexibility index (Phi) is 4.51. The monoisotopic (exact) mass is 385 g/mol. The number of pyridine rings is 1. The fraction of sp³-hybridized carbons (Fsp3) is 0.0667. The number of phenolic OH excluding ortho intramolecular Hbond substituents is 1. The minimum atomic E-state index is -5.26. The molecule has 0 spiro atoms. The number of benzene rings is 1. The van der Waals surface area contributed by atoms with Crippen LogP contribution in [0.1, 0.15) is 0 Å². The van der Waals surface area contributed by atoms with Crippen molar-refractivity contribution in [3.63, 3.8) is 0 Å². The van der Waals surface area contributed by atoms with E-state index in [0.717, 1.165) is 12.1 Å². The van der Waals surface area contributed by atoms with Gasteiger partial charge in [-0.2, -0.15) is 13.2 Å². The molecule has 0 amide bonds. The molecule has 0 bridgehead atoms. The first-order chi connectivity index (χ1) is 12.3. The highest BCUT2D eigenvalue weighted by Crippen LogP contribution is 2.43. The molecule has 3 aromatic rings. The summed E-state index contributed by atoms with van der Waals surface area (Å²) in [4.78, 5) is 15.0. The molecule has 0 saturated heterocycles. The van der Waals surface area contributed by atoms with Crippen molar-refractivity contribution in [1.29, 1.82) is 0 Å². The molecule has 0 fully saturated rings. The molecule has 3 rings (SSSR count). The molecule has 0 saturated carbocycles. The number of aromatic nitrogens is 3. The van der Waals surface area contributed by atoms with Gasteiger partial charge >= 0.3 is 12.1 Å². The number of hydrogen-bond donors (Lipinski definition) is 1. The maximum absolute atomic E-state index is 12.5. The number of ether oxygens (including phenoxy) is 1. The molecule has 0 aliphatic heterocycles. The van der Waals surface area contributed by atoms with E-state index in [0.29, 0.717) is 5.56 Å². The second kappa shape index (κ2) is 6.64. The lowest BCUT2D eigenvalue weighted by Gasteiger charge is -2.12. The van der Waals surface area contributed by atoms with Crippen molar-refractivity contribution in [3.8, 4) is 34.4 Å². The molecule has 134 valence electrons. The number of alkyl halides is 3. The summed E-state index contributed by atoms with van der Waals surface area (Å²) >= 11 is 5.81. The molecule has 11 heteroatoms. The molecule has 2 aromatic heterocycles. The largest absolute Gasteiger partial charge is 0.507 e. The molecule has 1 aromatic carbocycles. The zero-order valence-corrected chi connectivity index (χ0v) is 13.2. The van der Waals surface area contributed by atoms with Crippen LogP contribution in [0.3, 0.4) is 0 Å². The van der Waals surface area contributed by atoms with Gasteiger partial charge in [0, 0.05) is 12.4 Å². The lowest BCUT2D eigenvalue weighted by atomic mass is 10.1. The summed E-state index contributed by atoms with van der Waals surface area (Å²) in [7, 11) is 0. The average molecular weight is 386 g/mol. The smallest absolute Gasteiger partial charge is 0.491 e. The van der Waals surface area contributed by atoms with Crippen molar-refractivity contribution < 1.29 is 32.2 Å². The molecular weight excluding hydrogens is 379 g/mol.